The Labute approximate surface area is 135 Å². The molecule has 0 fully saturated rings. The molecule has 1 unspecified atom stereocenters. The number of hydrogen-bond acceptors (Lipinski definition) is 5. The van der Waals surface area contributed by atoms with Crippen molar-refractivity contribution in [3.8, 4) is 0 Å². The summed E-state index contributed by atoms with van der Waals surface area (Å²) < 4.78 is 27.9. The SMILES string of the molecule is Cc1csc(C(=O)O)c1S(=O)(=O)NC(C)c1ccc(Cl)s1. The lowest BCUT2D eigenvalue weighted by Gasteiger charge is -2.13. The van der Waals surface area contributed by atoms with Crippen LogP contribution in [0.3, 0.4) is 0 Å². The zero-order chi connectivity index (χ0) is 15.8. The van der Waals surface area contributed by atoms with Crippen LogP contribution in [0, 0.1) is 6.92 Å². The second-order valence-corrected chi connectivity index (χ2v) is 8.64. The fourth-order valence-corrected chi connectivity index (χ4v) is 5.82. The molecule has 0 radical (unpaired) electrons. The molecule has 0 saturated carbocycles. The van der Waals surface area contributed by atoms with Crippen LogP contribution < -0.4 is 4.72 Å². The Morgan fingerprint density at radius 1 is 1.43 bits per heavy atom. The topological polar surface area (TPSA) is 83.5 Å². The van der Waals surface area contributed by atoms with Crippen molar-refractivity contribution in [2.45, 2.75) is 24.8 Å². The molecule has 0 bridgehead atoms. The summed E-state index contributed by atoms with van der Waals surface area (Å²) in [5.74, 6) is -1.25. The summed E-state index contributed by atoms with van der Waals surface area (Å²) in [5, 5.41) is 10.6. The van der Waals surface area contributed by atoms with Gasteiger partial charge in [0.2, 0.25) is 10.0 Å². The van der Waals surface area contributed by atoms with Crippen LogP contribution in [0.15, 0.2) is 22.4 Å². The minimum absolute atomic E-state index is 0.172. The molecule has 0 amide bonds. The van der Waals surface area contributed by atoms with Gasteiger partial charge in [-0.05, 0) is 36.9 Å². The van der Waals surface area contributed by atoms with Crippen LogP contribution in [0.25, 0.3) is 0 Å². The summed E-state index contributed by atoms with van der Waals surface area (Å²) in [6.07, 6.45) is 0. The van der Waals surface area contributed by atoms with Gasteiger partial charge in [0, 0.05) is 4.88 Å². The average Bonchev–Trinajstić information content (AvgIpc) is 2.95. The number of carboxylic acid groups (broad SMARTS) is 1. The molecule has 114 valence electrons. The minimum atomic E-state index is -3.92. The fraction of sp³-hybridized carbons (Fsp3) is 0.250. The largest absolute Gasteiger partial charge is 0.477 e. The standard InChI is InChI=1S/C12H12ClNO4S3/c1-6-5-19-10(12(15)16)11(6)21(17,18)14-7(2)8-3-4-9(13)20-8/h3-5,7,14H,1-2H3,(H,15,16). The third kappa shape index (κ3) is 3.46. The normalized spacial score (nSPS) is 13.3. The maximum absolute atomic E-state index is 12.4. The predicted octanol–water partition coefficient (Wildman–Crippen LogP) is 3.51. The zero-order valence-corrected chi connectivity index (χ0v) is 14.3. The second kappa shape index (κ2) is 6.05. The van der Waals surface area contributed by atoms with Gasteiger partial charge in [0.05, 0.1) is 10.4 Å². The van der Waals surface area contributed by atoms with E-state index in [0.717, 1.165) is 16.2 Å². The monoisotopic (exact) mass is 365 g/mol. The molecule has 0 saturated heterocycles. The van der Waals surface area contributed by atoms with Crippen LogP contribution in [-0.2, 0) is 10.0 Å². The average molecular weight is 366 g/mol. The number of carbonyl (C=O) groups is 1. The van der Waals surface area contributed by atoms with Crippen molar-refractivity contribution >= 4 is 50.3 Å². The van der Waals surface area contributed by atoms with E-state index in [0.29, 0.717) is 9.90 Å². The summed E-state index contributed by atoms with van der Waals surface area (Å²) in [7, 11) is -3.92. The first kappa shape index (κ1) is 16.4. The van der Waals surface area contributed by atoms with Gasteiger partial charge in [-0.15, -0.1) is 22.7 Å². The molecule has 21 heavy (non-hydrogen) atoms. The van der Waals surface area contributed by atoms with Crippen LogP contribution in [0.5, 0.6) is 0 Å². The molecular weight excluding hydrogens is 354 g/mol. The van der Waals surface area contributed by atoms with Crippen molar-refractivity contribution in [2.75, 3.05) is 0 Å². The molecule has 2 heterocycles. The van der Waals surface area contributed by atoms with Crippen LogP contribution >= 0.6 is 34.3 Å². The molecule has 0 spiro atoms. The lowest BCUT2D eigenvalue weighted by molar-refractivity contribution is 0.0698. The van der Waals surface area contributed by atoms with Gasteiger partial charge >= 0.3 is 5.97 Å². The third-order valence-corrected chi connectivity index (χ3v) is 7.09. The minimum Gasteiger partial charge on any atom is -0.477 e. The van der Waals surface area contributed by atoms with E-state index in [1.807, 2.05) is 0 Å². The predicted molar refractivity (Wildman–Crippen MR) is 84.1 cm³/mol. The van der Waals surface area contributed by atoms with Gasteiger partial charge in [-0.1, -0.05) is 11.6 Å². The molecule has 0 aromatic carbocycles. The van der Waals surface area contributed by atoms with Crippen molar-refractivity contribution in [1.82, 2.24) is 4.72 Å². The Balaban J connectivity index is 2.35. The Bertz CT molecular complexity index is 778. The third-order valence-electron chi connectivity index (χ3n) is 2.73. The molecule has 5 nitrogen and oxygen atoms in total. The summed E-state index contributed by atoms with van der Waals surface area (Å²) >= 11 is 8.01. The fourth-order valence-electron chi connectivity index (χ4n) is 1.83. The highest BCUT2D eigenvalue weighted by Gasteiger charge is 2.28. The van der Waals surface area contributed by atoms with E-state index < -0.39 is 22.0 Å². The highest BCUT2D eigenvalue weighted by Crippen LogP contribution is 2.30. The van der Waals surface area contributed by atoms with Crippen molar-refractivity contribution in [1.29, 1.82) is 0 Å². The van der Waals surface area contributed by atoms with E-state index in [1.54, 1.807) is 26.0 Å². The highest BCUT2D eigenvalue weighted by molar-refractivity contribution is 7.89. The van der Waals surface area contributed by atoms with Crippen molar-refractivity contribution in [3.63, 3.8) is 0 Å². The van der Waals surface area contributed by atoms with Gasteiger partial charge < -0.3 is 5.11 Å². The maximum Gasteiger partial charge on any atom is 0.347 e. The number of rotatable bonds is 5. The number of halogens is 1. The number of nitrogens with one attached hydrogen (secondary N) is 1. The Hall–Kier alpha value is -0.930. The number of carboxylic acids is 1. The summed E-state index contributed by atoms with van der Waals surface area (Å²) in [5.41, 5.74) is 0.418. The first-order chi connectivity index (χ1) is 9.72. The summed E-state index contributed by atoms with van der Waals surface area (Å²) in [6, 6.07) is 2.93. The summed E-state index contributed by atoms with van der Waals surface area (Å²) in [4.78, 5) is 11.5. The molecule has 2 rings (SSSR count). The van der Waals surface area contributed by atoms with E-state index in [4.69, 9.17) is 16.7 Å². The number of aromatic carboxylic acids is 1. The molecule has 0 aliphatic heterocycles. The summed E-state index contributed by atoms with van der Waals surface area (Å²) in [6.45, 7) is 3.26. The van der Waals surface area contributed by atoms with E-state index in [1.165, 1.54) is 16.7 Å². The number of hydrogen-bond donors (Lipinski definition) is 2. The molecular formula is C12H12ClNO4S3. The molecule has 1 atom stereocenters. The first-order valence-corrected chi connectivity index (χ1v) is 9.37. The molecule has 9 heteroatoms. The molecule has 0 aliphatic carbocycles. The van der Waals surface area contributed by atoms with E-state index >= 15 is 0 Å². The van der Waals surface area contributed by atoms with Gasteiger partial charge in [0.25, 0.3) is 0 Å². The van der Waals surface area contributed by atoms with E-state index in [-0.39, 0.29) is 9.77 Å². The lowest BCUT2D eigenvalue weighted by atomic mass is 10.3. The zero-order valence-electron chi connectivity index (χ0n) is 11.1. The maximum atomic E-state index is 12.4. The number of aryl methyl sites for hydroxylation is 1. The molecule has 2 aromatic rings. The molecule has 2 N–H and O–H groups in total. The van der Waals surface area contributed by atoms with Gasteiger partial charge in [-0.25, -0.2) is 17.9 Å². The number of thiophene rings is 2. The Morgan fingerprint density at radius 3 is 2.62 bits per heavy atom. The lowest BCUT2D eigenvalue weighted by Crippen LogP contribution is -2.27. The quantitative estimate of drug-likeness (QED) is 0.849. The van der Waals surface area contributed by atoms with Crippen LogP contribution in [0.4, 0.5) is 0 Å². The van der Waals surface area contributed by atoms with Gasteiger partial charge in [0.1, 0.15) is 9.77 Å². The van der Waals surface area contributed by atoms with Crippen LogP contribution in [0.2, 0.25) is 4.34 Å². The Kier molecular flexibility index (Phi) is 4.74. The van der Waals surface area contributed by atoms with Crippen molar-refractivity contribution in [2.24, 2.45) is 0 Å². The Morgan fingerprint density at radius 2 is 2.10 bits per heavy atom. The van der Waals surface area contributed by atoms with Gasteiger partial charge in [-0.2, -0.15) is 0 Å². The van der Waals surface area contributed by atoms with E-state index in [9.17, 15) is 13.2 Å². The van der Waals surface area contributed by atoms with Crippen molar-refractivity contribution < 1.29 is 18.3 Å². The molecule has 2 aromatic heterocycles. The van der Waals surface area contributed by atoms with E-state index in [2.05, 4.69) is 4.72 Å². The van der Waals surface area contributed by atoms with Crippen molar-refractivity contribution in [3.05, 3.63) is 37.2 Å². The molecule has 0 aliphatic rings. The van der Waals surface area contributed by atoms with Gasteiger partial charge in [-0.3, -0.25) is 0 Å². The van der Waals surface area contributed by atoms with Crippen LogP contribution in [-0.4, -0.2) is 19.5 Å². The smallest absolute Gasteiger partial charge is 0.347 e. The first-order valence-electron chi connectivity index (χ1n) is 5.81. The number of sulfonamides is 1. The van der Waals surface area contributed by atoms with Crippen LogP contribution in [0.1, 0.15) is 33.1 Å². The second-order valence-electron chi connectivity index (χ2n) is 4.37. The highest BCUT2D eigenvalue weighted by atomic mass is 35.5. The van der Waals surface area contributed by atoms with Gasteiger partial charge in [0.15, 0.2) is 0 Å².